The van der Waals surface area contributed by atoms with Crippen LogP contribution in [0.2, 0.25) is 0 Å². The van der Waals surface area contributed by atoms with E-state index >= 15 is 0 Å². The summed E-state index contributed by atoms with van der Waals surface area (Å²) in [5, 5.41) is 7.57. The van der Waals surface area contributed by atoms with Crippen molar-refractivity contribution in [3.8, 4) is 17.1 Å². The maximum absolute atomic E-state index is 14.1. The van der Waals surface area contributed by atoms with Gasteiger partial charge < -0.3 is 19.7 Å². The zero-order valence-corrected chi connectivity index (χ0v) is 29.8. The first-order valence-electron chi connectivity index (χ1n) is 17.2. The molecule has 1 amide bonds. The highest BCUT2D eigenvalue weighted by Gasteiger charge is 2.41. The Kier molecular flexibility index (Phi) is 10.9. The number of unbranched alkanes of at least 4 members (excludes halogenated alkanes) is 1. The second kappa shape index (κ2) is 15.1. The number of nitrogens with zero attached hydrogens (tertiary/aromatic N) is 6. The minimum atomic E-state index is -0.616. The summed E-state index contributed by atoms with van der Waals surface area (Å²) in [6.45, 7) is 24.3. The molecule has 11 heteroatoms. The normalized spacial score (nSPS) is 20.9. The third-order valence-corrected chi connectivity index (χ3v) is 9.40. The molecule has 1 saturated carbocycles. The van der Waals surface area contributed by atoms with E-state index in [2.05, 4.69) is 55.7 Å². The van der Waals surface area contributed by atoms with Crippen molar-refractivity contribution in [3.63, 3.8) is 0 Å². The number of carbonyl (C=O) groups is 2. The summed E-state index contributed by atoms with van der Waals surface area (Å²) in [4.78, 5) is 41.9. The van der Waals surface area contributed by atoms with E-state index in [9.17, 15) is 9.59 Å². The lowest BCUT2D eigenvalue weighted by atomic mass is 9.75. The molecule has 2 heterocycles. The van der Waals surface area contributed by atoms with Gasteiger partial charge in [0.1, 0.15) is 17.4 Å². The number of aliphatic imine (C=N–C) groups is 1. The van der Waals surface area contributed by atoms with E-state index in [4.69, 9.17) is 31.1 Å². The number of hydrogen-bond donors (Lipinski definition) is 1. The molecule has 1 aliphatic heterocycles. The van der Waals surface area contributed by atoms with Crippen LogP contribution in [0, 0.1) is 31.2 Å². The fraction of sp³-hybridized carbons (Fsp3) is 0.474. The summed E-state index contributed by atoms with van der Waals surface area (Å²) in [7, 11) is 1.54. The highest BCUT2D eigenvalue weighted by molar-refractivity contribution is 6.29. The van der Waals surface area contributed by atoms with Crippen LogP contribution in [0.15, 0.2) is 47.1 Å². The van der Waals surface area contributed by atoms with Gasteiger partial charge in [0.25, 0.3) is 0 Å². The molecule has 1 aliphatic carbocycles. The molecule has 2 aliphatic rings. The van der Waals surface area contributed by atoms with Crippen molar-refractivity contribution in [2.75, 3.05) is 30.4 Å². The predicted molar refractivity (Wildman–Crippen MR) is 193 cm³/mol. The lowest BCUT2D eigenvalue weighted by molar-refractivity contribution is -0.150. The fourth-order valence-corrected chi connectivity index (χ4v) is 7.12. The number of fused-ring (bicyclic) bond motifs is 1. The van der Waals surface area contributed by atoms with Crippen LogP contribution in [0.5, 0.6) is 5.75 Å². The number of esters is 1. The van der Waals surface area contributed by atoms with Crippen LogP contribution in [0.4, 0.5) is 17.1 Å². The second-order valence-electron chi connectivity index (χ2n) is 13.3. The first kappa shape index (κ1) is 35.3. The number of amides is 1. The van der Waals surface area contributed by atoms with Crippen LogP contribution in [-0.4, -0.2) is 58.8 Å². The second-order valence-corrected chi connectivity index (χ2v) is 13.3. The van der Waals surface area contributed by atoms with E-state index in [0.29, 0.717) is 28.6 Å². The van der Waals surface area contributed by atoms with E-state index in [1.165, 1.54) is 18.7 Å². The van der Waals surface area contributed by atoms with Crippen molar-refractivity contribution in [1.82, 2.24) is 14.8 Å². The number of hydrogen-bond acceptors (Lipinski definition) is 8. The Morgan fingerprint density at radius 2 is 1.86 bits per heavy atom. The lowest BCUT2D eigenvalue weighted by Gasteiger charge is -2.37. The molecule has 11 nitrogen and oxygen atoms in total. The van der Waals surface area contributed by atoms with Gasteiger partial charge in [-0.05, 0) is 92.8 Å². The smallest absolute Gasteiger partial charge is 0.331 e. The molecule has 258 valence electrons. The Labute approximate surface area is 289 Å². The maximum Gasteiger partial charge on any atom is 0.331 e. The summed E-state index contributed by atoms with van der Waals surface area (Å²) >= 11 is 0. The van der Waals surface area contributed by atoms with Crippen molar-refractivity contribution in [1.29, 1.82) is 0 Å². The number of carbonyl (C=O) groups excluding carboxylic acids is 2. The van der Waals surface area contributed by atoms with Crippen molar-refractivity contribution in [2.24, 2.45) is 22.7 Å². The van der Waals surface area contributed by atoms with Crippen LogP contribution < -0.4 is 15.0 Å². The van der Waals surface area contributed by atoms with Gasteiger partial charge >= 0.3 is 5.97 Å². The molecule has 2 unspecified atom stereocenters. The van der Waals surface area contributed by atoms with Crippen molar-refractivity contribution in [2.45, 2.75) is 80.3 Å². The summed E-state index contributed by atoms with van der Waals surface area (Å²) in [5.41, 5.74) is 3.79. The Morgan fingerprint density at radius 1 is 1.12 bits per heavy atom. The fourth-order valence-electron chi connectivity index (χ4n) is 7.12. The van der Waals surface area contributed by atoms with Gasteiger partial charge in [0.05, 0.1) is 24.9 Å². The average molecular weight is 666 g/mol. The van der Waals surface area contributed by atoms with Crippen LogP contribution in [0.25, 0.3) is 21.8 Å². The van der Waals surface area contributed by atoms with Crippen molar-refractivity contribution in [3.05, 3.63) is 64.9 Å². The van der Waals surface area contributed by atoms with Crippen LogP contribution in [0.1, 0.15) is 78.6 Å². The van der Waals surface area contributed by atoms with Gasteiger partial charge in [-0.1, -0.05) is 34.1 Å². The molecule has 5 rings (SSSR count). The Hall–Kier alpha value is -4.98. The highest BCUT2D eigenvalue weighted by atomic mass is 16.5. The summed E-state index contributed by atoms with van der Waals surface area (Å²) in [5.74, 6) is 1.13. The maximum atomic E-state index is 14.1. The topological polar surface area (TPSA) is 115 Å². The number of aryl methyl sites for hydroxylation is 1. The van der Waals surface area contributed by atoms with Crippen LogP contribution in [0.3, 0.4) is 0 Å². The SMILES string of the molecule is [C-]#[N+]C1=C(C(=O)OC2C(C)CC(C)CC2C)c2nc(-c3cc(NC(C)=O)ccc3OC)nn2/C1=N/c1ccc(N(CC)CCCC)cc1C. The molecule has 2 atom stereocenters. The Bertz CT molecular complexity index is 1820. The minimum Gasteiger partial charge on any atom is -0.496 e. The number of ether oxygens (including phenoxy) is 2. The van der Waals surface area contributed by atoms with Gasteiger partial charge in [0.2, 0.25) is 11.6 Å². The van der Waals surface area contributed by atoms with Gasteiger partial charge in [-0.25, -0.2) is 24.3 Å². The monoisotopic (exact) mass is 665 g/mol. The van der Waals surface area contributed by atoms with Crippen molar-refractivity contribution >= 4 is 40.3 Å². The molecule has 0 radical (unpaired) electrons. The number of anilines is 2. The first-order valence-corrected chi connectivity index (χ1v) is 17.2. The summed E-state index contributed by atoms with van der Waals surface area (Å²) in [6.07, 6.45) is 3.83. The molecule has 1 N–H and O–H groups in total. The van der Waals surface area contributed by atoms with Crippen LogP contribution >= 0.6 is 0 Å². The summed E-state index contributed by atoms with van der Waals surface area (Å²) in [6, 6.07) is 11.2. The quantitative estimate of drug-likeness (QED) is 0.165. The molecule has 2 aromatic carbocycles. The van der Waals surface area contributed by atoms with E-state index < -0.39 is 5.97 Å². The predicted octanol–water partition coefficient (Wildman–Crippen LogP) is 7.68. The van der Waals surface area contributed by atoms with E-state index in [1.54, 1.807) is 18.2 Å². The molecular weight excluding hydrogens is 618 g/mol. The zero-order chi connectivity index (χ0) is 35.4. The average Bonchev–Trinajstić information content (AvgIpc) is 3.61. The van der Waals surface area contributed by atoms with Gasteiger partial charge in [-0.15, -0.1) is 5.10 Å². The number of methoxy groups -OCH3 is 1. The number of nitrogens with one attached hydrogen (secondary N) is 1. The standard InChI is InChI=1S/C38H47N7O4/c1-10-12-17-44(11-2)28-14-15-30(23(4)20-28)41-37-33(39-8)32(38(47)49-34-24(5)18-22(3)19-25(34)6)36-42-35(43-45(36)37)29-21-27(40-26(7)46)13-16-31(29)48-9/h13-16,20-22,24-25,34H,10-12,17-19H2,1-7,9H3,(H,40,46)/b41-37+. The third kappa shape index (κ3) is 7.38. The molecule has 1 aromatic heterocycles. The molecule has 0 saturated heterocycles. The molecule has 1 fully saturated rings. The molecule has 0 bridgehead atoms. The Morgan fingerprint density at radius 3 is 2.47 bits per heavy atom. The number of benzene rings is 2. The Balaban J connectivity index is 1.63. The molecule has 49 heavy (non-hydrogen) atoms. The molecular formula is C38H47N7O4. The van der Waals surface area contributed by atoms with Crippen molar-refractivity contribution < 1.29 is 19.1 Å². The van der Waals surface area contributed by atoms with Gasteiger partial charge in [-0.2, -0.15) is 0 Å². The molecule has 0 spiro atoms. The first-order chi connectivity index (χ1) is 23.5. The highest BCUT2D eigenvalue weighted by Crippen LogP contribution is 2.39. The van der Waals surface area contributed by atoms with Crippen LogP contribution in [-0.2, 0) is 14.3 Å². The zero-order valence-electron chi connectivity index (χ0n) is 29.8. The lowest BCUT2D eigenvalue weighted by Crippen LogP contribution is -2.37. The van der Waals surface area contributed by atoms with E-state index in [-0.39, 0.29) is 52.6 Å². The van der Waals surface area contributed by atoms with E-state index in [1.807, 2.05) is 19.1 Å². The largest absolute Gasteiger partial charge is 0.496 e. The van der Waals surface area contributed by atoms with E-state index in [0.717, 1.165) is 50.0 Å². The molecule has 3 aromatic rings. The van der Waals surface area contributed by atoms with Gasteiger partial charge in [0, 0.05) is 31.4 Å². The van der Waals surface area contributed by atoms with Gasteiger partial charge in [-0.3, -0.25) is 4.79 Å². The van der Waals surface area contributed by atoms with Gasteiger partial charge in [0.15, 0.2) is 17.5 Å². The minimum absolute atomic E-state index is 0.0356. The number of allylic oxidation sites excluding steroid dienone is 1. The number of aromatic nitrogens is 3. The summed E-state index contributed by atoms with van der Waals surface area (Å²) < 4.78 is 13.3. The number of rotatable bonds is 11. The third-order valence-electron chi connectivity index (χ3n) is 9.40.